The van der Waals surface area contributed by atoms with E-state index in [1.54, 1.807) is 0 Å². The summed E-state index contributed by atoms with van der Waals surface area (Å²) in [6, 6.07) is 31.4. The maximum atomic E-state index is 13.3. The van der Waals surface area contributed by atoms with Crippen LogP contribution < -0.4 is 0 Å². The summed E-state index contributed by atoms with van der Waals surface area (Å²) in [7, 11) is 0. The zero-order valence-electron chi connectivity index (χ0n) is 19.7. The van der Waals surface area contributed by atoms with Gasteiger partial charge in [0.2, 0.25) is 0 Å². The number of ketones is 1. The molecule has 0 bridgehead atoms. The molecule has 3 aromatic rings. The molecule has 1 saturated carbocycles. The minimum absolute atomic E-state index is 0.0466. The molecule has 0 aliphatic heterocycles. The number of carbonyl (C=O) groups excluding carboxylic acids is 1. The second kappa shape index (κ2) is 10.9. The van der Waals surface area contributed by atoms with Crippen LogP contribution in [0.1, 0.15) is 42.4 Å². The molecule has 1 fully saturated rings. The van der Waals surface area contributed by atoms with Crippen LogP contribution in [-0.4, -0.2) is 23.3 Å². The number of carbonyl (C=O) groups is 1. The van der Waals surface area contributed by atoms with Crippen molar-refractivity contribution in [2.75, 3.05) is 6.61 Å². The van der Waals surface area contributed by atoms with E-state index in [0.717, 1.165) is 37.1 Å². The predicted molar refractivity (Wildman–Crippen MR) is 136 cm³/mol. The van der Waals surface area contributed by atoms with Crippen LogP contribution in [0.3, 0.4) is 0 Å². The molecule has 0 unspecified atom stereocenters. The fourth-order valence-corrected chi connectivity index (χ4v) is 5.56. The van der Waals surface area contributed by atoms with Gasteiger partial charge in [-0.25, -0.2) is 0 Å². The van der Waals surface area contributed by atoms with Crippen LogP contribution in [0.15, 0.2) is 102 Å². The minimum Gasteiger partial charge on any atom is -0.375 e. The van der Waals surface area contributed by atoms with E-state index in [1.165, 1.54) is 23.1 Å². The Kier molecular flexibility index (Phi) is 7.33. The Labute approximate surface area is 203 Å². The molecule has 0 amide bonds. The molecular weight excluding hydrogens is 418 g/mol. The standard InChI is InChI=1S/C31H33NO2/c33-30-19-27-17-10-18-28(27)31(30)29(23-34-22-26-15-8-3-9-16-26)32(20-24-11-4-1-5-12-24)21-25-13-6-2-7-14-25/h1-9,11-16,27,29H,10,17-23H2/t27-,29-/m0/s1. The Bertz CT molecular complexity index is 1070. The van der Waals surface area contributed by atoms with Crippen LogP contribution in [0.25, 0.3) is 0 Å². The van der Waals surface area contributed by atoms with E-state index in [9.17, 15) is 4.79 Å². The number of benzene rings is 3. The highest BCUT2D eigenvalue weighted by Crippen LogP contribution is 2.44. The van der Waals surface area contributed by atoms with E-state index in [-0.39, 0.29) is 6.04 Å². The van der Waals surface area contributed by atoms with Gasteiger partial charge in [0.15, 0.2) is 5.78 Å². The number of nitrogens with zero attached hydrogens (tertiary/aromatic N) is 1. The number of rotatable bonds is 10. The highest BCUT2D eigenvalue weighted by Gasteiger charge is 2.40. The highest BCUT2D eigenvalue weighted by atomic mass is 16.5. The molecule has 34 heavy (non-hydrogen) atoms. The van der Waals surface area contributed by atoms with Crippen molar-refractivity contribution in [1.82, 2.24) is 4.90 Å². The third-order valence-electron chi connectivity index (χ3n) is 7.19. The predicted octanol–water partition coefficient (Wildman–Crippen LogP) is 6.34. The van der Waals surface area contributed by atoms with E-state index in [2.05, 4.69) is 77.7 Å². The van der Waals surface area contributed by atoms with Crippen molar-refractivity contribution in [2.24, 2.45) is 5.92 Å². The van der Waals surface area contributed by atoms with Crippen molar-refractivity contribution in [3.8, 4) is 0 Å². The largest absolute Gasteiger partial charge is 0.375 e. The van der Waals surface area contributed by atoms with Crippen molar-refractivity contribution < 1.29 is 9.53 Å². The Hall–Kier alpha value is -3.01. The number of hydrogen-bond acceptors (Lipinski definition) is 3. The topological polar surface area (TPSA) is 29.5 Å². The lowest BCUT2D eigenvalue weighted by Gasteiger charge is -2.33. The first-order valence-corrected chi connectivity index (χ1v) is 12.5. The second-order valence-corrected chi connectivity index (χ2v) is 9.55. The van der Waals surface area contributed by atoms with Crippen LogP contribution in [0.5, 0.6) is 0 Å². The van der Waals surface area contributed by atoms with Gasteiger partial charge >= 0.3 is 0 Å². The highest BCUT2D eigenvalue weighted by molar-refractivity contribution is 6.00. The molecule has 3 heteroatoms. The summed E-state index contributed by atoms with van der Waals surface area (Å²) in [6.07, 6.45) is 4.10. The van der Waals surface area contributed by atoms with E-state index in [4.69, 9.17) is 4.74 Å². The molecule has 2 aliphatic carbocycles. The van der Waals surface area contributed by atoms with Gasteiger partial charge in [-0.15, -0.1) is 0 Å². The molecule has 2 aliphatic rings. The summed E-state index contributed by atoms with van der Waals surface area (Å²) >= 11 is 0. The van der Waals surface area contributed by atoms with Crippen LogP contribution >= 0.6 is 0 Å². The number of hydrogen-bond donors (Lipinski definition) is 0. The third kappa shape index (κ3) is 5.38. The lowest BCUT2D eigenvalue weighted by atomic mass is 9.98. The number of Topliss-reactive ketones (excluding diaryl/α,β-unsaturated/α-hetero) is 1. The summed E-state index contributed by atoms with van der Waals surface area (Å²) in [5, 5.41) is 0. The van der Waals surface area contributed by atoms with Crippen LogP contribution in [0.2, 0.25) is 0 Å². The minimum atomic E-state index is -0.0466. The van der Waals surface area contributed by atoms with Crippen molar-refractivity contribution >= 4 is 5.78 Å². The Morgan fingerprint density at radius 2 is 1.35 bits per heavy atom. The first-order valence-electron chi connectivity index (χ1n) is 12.5. The summed E-state index contributed by atoms with van der Waals surface area (Å²) in [5.41, 5.74) is 6.12. The van der Waals surface area contributed by atoms with E-state index < -0.39 is 0 Å². The van der Waals surface area contributed by atoms with Crippen molar-refractivity contribution in [3.05, 3.63) is 119 Å². The van der Waals surface area contributed by atoms with E-state index >= 15 is 0 Å². The average Bonchev–Trinajstić information content (AvgIpc) is 3.44. The zero-order valence-corrected chi connectivity index (χ0v) is 19.7. The first kappa shape index (κ1) is 22.8. The molecule has 2 atom stereocenters. The smallest absolute Gasteiger partial charge is 0.161 e. The Morgan fingerprint density at radius 1 is 0.794 bits per heavy atom. The van der Waals surface area contributed by atoms with Gasteiger partial charge in [-0.1, -0.05) is 96.6 Å². The van der Waals surface area contributed by atoms with Gasteiger partial charge in [0, 0.05) is 25.1 Å². The van der Waals surface area contributed by atoms with Crippen molar-refractivity contribution in [3.63, 3.8) is 0 Å². The van der Waals surface area contributed by atoms with Crippen LogP contribution in [0, 0.1) is 5.92 Å². The van der Waals surface area contributed by atoms with Gasteiger partial charge in [-0.2, -0.15) is 0 Å². The molecule has 0 aromatic heterocycles. The molecule has 0 heterocycles. The molecular formula is C31H33NO2. The molecule has 0 N–H and O–H groups in total. The maximum absolute atomic E-state index is 13.3. The van der Waals surface area contributed by atoms with Crippen LogP contribution in [0.4, 0.5) is 0 Å². The lowest BCUT2D eigenvalue weighted by molar-refractivity contribution is -0.116. The van der Waals surface area contributed by atoms with Crippen molar-refractivity contribution in [2.45, 2.75) is 51.4 Å². The molecule has 0 radical (unpaired) electrons. The van der Waals surface area contributed by atoms with E-state index in [1.807, 2.05) is 18.2 Å². The molecule has 3 nitrogen and oxygen atoms in total. The first-order chi connectivity index (χ1) is 16.8. The lowest BCUT2D eigenvalue weighted by Crippen LogP contribution is -2.41. The van der Waals surface area contributed by atoms with Crippen LogP contribution in [-0.2, 0) is 29.2 Å². The van der Waals surface area contributed by atoms with Gasteiger partial charge in [-0.3, -0.25) is 9.69 Å². The quantitative estimate of drug-likeness (QED) is 0.360. The van der Waals surface area contributed by atoms with Gasteiger partial charge in [0.1, 0.15) is 0 Å². The maximum Gasteiger partial charge on any atom is 0.161 e. The third-order valence-corrected chi connectivity index (χ3v) is 7.19. The van der Waals surface area contributed by atoms with Crippen molar-refractivity contribution in [1.29, 1.82) is 0 Å². The monoisotopic (exact) mass is 451 g/mol. The molecule has 3 aromatic carbocycles. The number of fused-ring (bicyclic) bond motifs is 1. The summed E-state index contributed by atoms with van der Waals surface area (Å²) < 4.78 is 6.32. The normalized spacial score (nSPS) is 18.5. The average molecular weight is 452 g/mol. The fourth-order valence-electron chi connectivity index (χ4n) is 5.56. The molecule has 5 rings (SSSR count). The molecule has 0 spiro atoms. The molecule has 174 valence electrons. The number of ether oxygens (including phenoxy) is 1. The SMILES string of the molecule is O=C1C[C@@H]2CCCC2=C1[C@H](COCc1ccccc1)N(Cc1ccccc1)Cc1ccccc1. The number of allylic oxidation sites excluding steroid dienone is 1. The second-order valence-electron chi connectivity index (χ2n) is 9.55. The summed E-state index contributed by atoms with van der Waals surface area (Å²) in [6.45, 7) is 2.64. The summed E-state index contributed by atoms with van der Waals surface area (Å²) in [5.74, 6) is 0.786. The van der Waals surface area contributed by atoms with Gasteiger partial charge in [0.05, 0.1) is 19.3 Å². The van der Waals surface area contributed by atoms with Gasteiger partial charge in [0.25, 0.3) is 0 Å². The summed E-state index contributed by atoms with van der Waals surface area (Å²) in [4.78, 5) is 15.8. The van der Waals surface area contributed by atoms with Gasteiger partial charge in [-0.05, 0) is 41.9 Å². The zero-order chi connectivity index (χ0) is 23.2. The Balaban J connectivity index is 1.46. The molecule has 0 saturated heterocycles. The fraction of sp³-hybridized carbons (Fsp3) is 0.323. The Morgan fingerprint density at radius 3 is 1.94 bits per heavy atom. The van der Waals surface area contributed by atoms with Gasteiger partial charge < -0.3 is 4.74 Å². The van der Waals surface area contributed by atoms with E-state index in [0.29, 0.717) is 31.3 Å².